The molecule has 0 radical (unpaired) electrons. The van der Waals surface area contributed by atoms with E-state index in [1.54, 1.807) is 24.4 Å². The zero-order valence-electron chi connectivity index (χ0n) is 9.78. The summed E-state index contributed by atoms with van der Waals surface area (Å²) in [5.41, 5.74) is 1.99. The first-order chi connectivity index (χ1) is 9.15. The van der Waals surface area contributed by atoms with E-state index in [1.807, 2.05) is 4.90 Å². The Bertz CT molecular complexity index is 662. The number of nitro benzene ring substituents is 1. The Morgan fingerprint density at radius 2 is 2.21 bits per heavy atom. The van der Waals surface area contributed by atoms with Gasteiger partial charge in [0.15, 0.2) is 0 Å². The minimum Gasteiger partial charge on any atom is -0.326 e. The van der Waals surface area contributed by atoms with Crippen LogP contribution >= 0.6 is 11.6 Å². The minimum atomic E-state index is -0.384. The molecule has 0 N–H and O–H groups in total. The van der Waals surface area contributed by atoms with Crippen molar-refractivity contribution in [2.75, 3.05) is 11.4 Å². The molecule has 0 atom stereocenters. The standard InChI is InChI=1S/C12H9ClN4O2/c13-12-14-5-3-11(15-12)16-6-4-8-7-9(17(18)19)1-2-10(8)16/h1-3,5,7H,4,6H2. The highest BCUT2D eigenvalue weighted by Crippen LogP contribution is 2.35. The Morgan fingerprint density at radius 3 is 2.95 bits per heavy atom. The molecule has 6 nitrogen and oxygen atoms in total. The largest absolute Gasteiger partial charge is 0.326 e. The molecule has 3 rings (SSSR count). The molecule has 96 valence electrons. The number of anilines is 2. The van der Waals surface area contributed by atoms with E-state index in [0.717, 1.165) is 24.2 Å². The summed E-state index contributed by atoms with van der Waals surface area (Å²) in [6, 6.07) is 6.62. The molecule has 0 fully saturated rings. The van der Waals surface area contributed by atoms with Crippen LogP contribution in [0.1, 0.15) is 5.56 Å². The topological polar surface area (TPSA) is 72.2 Å². The molecule has 0 saturated carbocycles. The fourth-order valence-electron chi connectivity index (χ4n) is 2.22. The highest BCUT2D eigenvalue weighted by molar-refractivity contribution is 6.28. The molecule has 0 saturated heterocycles. The molecule has 1 aliphatic heterocycles. The third-order valence-corrected chi connectivity index (χ3v) is 3.24. The predicted molar refractivity (Wildman–Crippen MR) is 70.8 cm³/mol. The molecule has 1 aromatic carbocycles. The molecular weight excluding hydrogens is 268 g/mol. The second-order valence-electron chi connectivity index (χ2n) is 4.16. The summed E-state index contributed by atoms with van der Waals surface area (Å²) in [6.45, 7) is 0.726. The lowest BCUT2D eigenvalue weighted by Crippen LogP contribution is -2.14. The number of benzene rings is 1. The number of hydrogen-bond donors (Lipinski definition) is 0. The van der Waals surface area contributed by atoms with E-state index in [4.69, 9.17) is 11.6 Å². The number of rotatable bonds is 2. The van der Waals surface area contributed by atoms with E-state index in [9.17, 15) is 10.1 Å². The lowest BCUT2D eigenvalue weighted by Gasteiger charge is -2.17. The third kappa shape index (κ3) is 2.10. The number of nitro groups is 1. The third-order valence-electron chi connectivity index (χ3n) is 3.06. The zero-order chi connectivity index (χ0) is 13.4. The molecule has 0 amide bonds. The van der Waals surface area contributed by atoms with Crippen molar-refractivity contribution in [2.24, 2.45) is 0 Å². The van der Waals surface area contributed by atoms with E-state index in [1.165, 1.54) is 6.07 Å². The normalized spacial score (nSPS) is 13.4. The highest BCUT2D eigenvalue weighted by Gasteiger charge is 2.23. The van der Waals surface area contributed by atoms with Gasteiger partial charge in [-0.25, -0.2) is 9.97 Å². The molecule has 0 spiro atoms. The molecule has 2 aromatic rings. The van der Waals surface area contributed by atoms with Gasteiger partial charge in [0, 0.05) is 30.6 Å². The van der Waals surface area contributed by atoms with Crippen LogP contribution < -0.4 is 4.90 Å². The first-order valence-electron chi connectivity index (χ1n) is 5.68. The molecule has 7 heteroatoms. The van der Waals surface area contributed by atoms with Gasteiger partial charge >= 0.3 is 0 Å². The van der Waals surface area contributed by atoms with Gasteiger partial charge in [0.05, 0.1) is 4.92 Å². The first-order valence-corrected chi connectivity index (χ1v) is 6.06. The van der Waals surface area contributed by atoms with Crippen molar-refractivity contribution in [3.63, 3.8) is 0 Å². The summed E-state index contributed by atoms with van der Waals surface area (Å²) in [6.07, 6.45) is 2.34. The van der Waals surface area contributed by atoms with E-state index in [0.29, 0.717) is 5.82 Å². The van der Waals surface area contributed by atoms with Crippen molar-refractivity contribution in [3.8, 4) is 0 Å². The van der Waals surface area contributed by atoms with E-state index in [2.05, 4.69) is 9.97 Å². The predicted octanol–water partition coefficient (Wildman–Crippen LogP) is 2.73. The first kappa shape index (κ1) is 11.9. The lowest BCUT2D eigenvalue weighted by atomic mass is 10.1. The van der Waals surface area contributed by atoms with Crippen LogP contribution in [0.3, 0.4) is 0 Å². The summed E-state index contributed by atoms with van der Waals surface area (Å²) in [5, 5.41) is 10.9. The Labute approximate surface area is 113 Å². The van der Waals surface area contributed by atoms with E-state index in [-0.39, 0.29) is 15.9 Å². The van der Waals surface area contributed by atoms with Crippen LogP contribution in [0, 0.1) is 10.1 Å². The van der Waals surface area contributed by atoms with Gasteiger partial charge in [-0.1, -0.05) is 0 Å². The maximum Gasteiger partial charge on any atom is 0.269 e. The average Bonchev–Trinajstić information content (AvgIpc) is 2.81. The zero-order valence-corrected chi connectivity index (χ0v) is 10.5. The Hall–Kier alpha value is -2.21. The van der Waals surface area contributed by atoms with Gasteiger partial charge in [0.1, 0.15) is 5.82 Å². The van der Waals surface area contributed by atoms with Crippen LogP contribution in [-0.4, -0.2) is 21.4 Å². The van der Waals surface area contributed by atoms with Gasteiger partial charge < -0.3 is 4.90 Å². The van der Waals surface area contributed by atoms with Gasteiger partial charge in [0.2, 0.25) is 5.28 Å². The molecule has 1 aromatic heterocycles. The van der Waals surface area contributed by atoms with Crippen LogP contribution in [0.15, 0.2) is 30.5 Å². The molecule has 2 heterocycles. The van der Waals surface area contributed by atoms with Gasteiger partial charge in [-0.2, -0.15) is 0 Å². The number of non-ortho nitro benzene ring substituents is 1. The Balaban J connectivity index is 2.01. The fourth-order valence-corrected chi connectivity index (χ4v) is 2.36. The molecule has 19 heavy (non-hydrogen) atoms. The van der Waals surface area contributed by atoms with Crippen molar-refractivity contribution in [1.29, 1.82) is 0 Å². The summed E-state index contributed by atoms with van der Waals surface area (Å²) in [4.78, 5) is 20.3. The van der Waals surface area contributed by atoms with Crippen LogP contribution in [0.4, 0.5) is 17.2 Å². The van der Waals surface area contributed by atoms with E-state index >= 15 is 0 Å². The van der Waals surface area contributed by atoms with Crippen molar-refractivity contribution in [1.82, 2.24) is 9.97 Å². The van der Waals surface area contributed by atoms with Crippen molar-refractivity contribution >= 4 is 28.8 Å². The molecular formula is C12H9ClN4O2. The Morgan fingerprint density at radius 1 is 1.37 bits per heavy atom. The number of hydrogen-bond acceptors (Lipinski definition) is 5. The summed E-state index contributed by atoms with van der Waals surface area (Å²) in [5.74, 6) is 0.701. The minimum absolute atomic E-state index is 0.112. The summed E-state index contributed by atoms with van der Waals surface area (Å²) in [7, 11) is 0. The van der Waals surface area contributed by atoms with Crippen molar-refractivity contribution < 1.29 is 4.92 Å². The van der Waals surface area contributed by atoms with Crippen LogP contribution in [0.25, 0.3) is 0 Å². The molecule has 0 bridgehead atoms. The smallest absolute Gasteiger partial charge is 0.269 e. The molecule has 0 unspecified atom stereocenters. The van der Waals surface area contributed by atoms with Crippen molar-refractivity contribution in [2.45, 2.75) is 6.42 Å². The molecule has 1 aliphatic rings. The number of fused-ring (bicyclic) bond motifs is 1. The van der Waals surface area contributed by atoms with Gasteiger partial charge in [-0.15, -0.1) is 0 Å². The number of nitrogens with zero attached hydrogens (tertiary/aromatic N) is 4. The monoisotopic (exact) mass is 276 g/mol. The maximum atomic E-state index is 10.8. The highest BCUT2D eigenvalue weighted by atomic mass is 35.5. The average molecular weight is 277 g/mol. The molecule has 0 aliphatic carbocycles. The van der Waals surface area contributed by atoms with Gasteiger partial charge in [-0.05, 0) is 35.7 Å². The van der Waals surface area contributed by atoms with Crippen LogP contribution in [0.5, 0.6) is 0 Å². The van der Waals surface area contributed by atoms with E-state index < -0.39 is 0 Å². The quantitative estimate of drug-likeness (QED) is 0.479. The number of halogens is 1. The summed E-state index contributed by atoms with van der Waals surface area (Å²) < 4.78 is 0. The van der Waals surface area contributed by atoms with Crippen molar-refractivity contribution in [3.05, 3.63) is 51.4 Å². The number of aromatic nitrogens is 2. The van der Waals surface area contributed by atoms with Gasteiger partial charge in [0.25, 0.3) is 5.69 Å². The SMILES string of the molecule is O=[N+]([O-])c1ccc2c(c1)CCN2c1ccnc(Cl)n1. The second-order valence-corrected chi connectivity index (χ2v) is 4.49. The lowest BCUT2D eigenvalue weighted by molar-refractivity contribution is -0.384. The van der Waals surface area contributed by atoms with Crippen LogP contribution in [-0.2, 0) is 6.42 Å². The Kier molecular flexibility index (Phi) is 2.79. The maximum absolute atomic E-state index is 10.8. The van der Waals surface area contributed by atoms with Crippen LogP contribution in [0.2, 0.25) is 5.28 Å². The van der Waals surface area contributed by atoms with Gasteiger partial charge in [-0.3, -0.25) is 10.1 Å². The fraction of sp³-hybridized carbons (Fsp3) is 0.167. The summed E-state index contributed by atoms with van der Waals surface area (Å²) >= 11 is 5.78. The second kappa shape index (κ2) is 4.47.